The van der Waals surface area contributed by atoms with Gasteiger partial charge in [0, 0.05) is 17.5 Å². The average Bonchev–Trinajstić information content (AvgIpc) is 2.85. The van der Waals surface area contributed by atoms with Gasteiger partial charge in [-0.2, -0.15) is 10.2 Å². The molecule has 1 fully saturated rings. The van der Waals surface area contributed by atoms with Crippen molar-refractivity contribution in [2.75, 3.05) is 25.9 Å². The van der Waals surface area contributed by atoms with Crippen LogP contribution >= 0.6 is 11.8 Å². The van der Waals surface area contributed by atoms with Crippen LogP contribution in [0.25, 0.3) is 6.08 Å². The molecule has 130 valence electrons. The minimum absolute atomic E-state index is 0.0975. The highest BCUT2D eigenvalue weighted by molar-refractivity contribution is 8.00. The summed E-state index contributed by atoms with van der Waals surface area (Å²) in [7, 11) is 2.13. The molecule has 1 aromatic carbocycles. The smallest absolute Gasteiger partial charge is 0.176 e. The number of carbonyl (C=O) groups excluding carboxylic acids is 2. The number of hydrogen-bond acceptors (Lipinski definition) is 6. The second-order valence-electron chi connectivity index (χ2n) is 7.06. The van der Waals surface area contributed by atoms with Crippen molar-refractivity contribution in [2.45, 2.75) is 24.2 Å². The Kier molecular flexibility index (Phi) is 4.56. The van der Waals surface area contributed by atoms with Gasteiger partial charge in [-0.05, 0) is 50.2 Å². The van der Waals surface area contributed by atoms with Crippen LogP contribution in [0, 0.1) is 11.8 Å². The minimum Gasteiger partial charge on any atom is -0.306 e. The van der Waals surface area contributed by atoms with Gasteiger partial charge < -0.3 is 4.90 Å². The van der Waals surface area contributed by atoms with E-state index in [0.29, 0.717) is 29.0 Å². The van der Waals surface area contributed by atoms with Gasteiger partial charge in [-0.15, -0.1) is 11.8 Å². The van der Waals surface area contributed by atoms with Crippen molar-refractivity contribution in [2.24, 2.45) is 22.0 Å². The summed E-state index contributed by atoms with van der Waals surface area (Å²) in [6.07, 6.45) is 6.29. The van der Waals surface area contributed by atoms with Gasteiger partial charge >= 0.3 is 0 Å². The van der Waals surface area contributed by atoms with E-state index in [2.05, 4.69) is 22.2 Å². The minimum atomic E-state index is -0.355. The summed E-state index contributed by atoms with van der Waals surface area (Å²) in [5, 5.41) is 9.82. The molecule has 0 spiro atoms. The highest BCUT2D eigenvalue weighted by Gasteiger charge is 2.25. The second-order valence-corrected chi connectivity index (χ2v) is 8.08. The fourth-order valence-electron chi connectivity index (χ4n) is 3.70. The standard InChI is InChI=1S/C19H21N3O2S/c1-22-6-4-12(5-7-22)8-15(23)14-9-13-2-3-17-18(16(24)11-25-17)19(13)21-20-10-14/h2-3,9-10,12,14H,4-8,11H2,1H3. The molecule has 3 aliphatic rings. The van der Waals surface area contributed by atoms with E-state index in [1.165, 1.54) is 11.8 Å². The average molecular weight is 355 g/mol. The van der Waals surface area contributed by atoms with Crippen LogP contribution in [0.5, 0.6) is 0 Å². The lowest BCUT2D eigenvalue weighted by Crippen LogP contribution is -2.33. The highest BCUT2D eigenvalue weighted by atomic mass is 32.2. The zero-order chi connectivity index (χ0) is 17.4. The number of ketones is 2. The largest absolute Gasteiger partial charge is 0.306 e. The van der Waals surface area contributed by atoms with Gasteiger partial charge in [0.05, 0.1) is 17.2 Å². The number of piperidine rings is 1. The molecule has 0 amide bonds. The van der Waals surface area contributed by atoms with Gasteiger partial charge in [0.1, 0.15) is 11.1 Å². The number of thioether (sulfide) groups is 1. The lowest BCUT2D eigenvalue weighted by atomic mass is 9.88. The van der Waals surface area contributed by atoms with E-state index in [-0.39, 0.29) is 17.5 Å². The molecule has 0 saturated carbocycles. The number of benzene rings is 1. The van der Waals surface area contributed by atoms with Gasteiger partial charge in [-0.1, -0.05) is 12.1 Å². The van der Waals surface area contributed by atoms with Crippen molar-refractivity contribution in [3.05, 3.63) is 28.3 Å². The number of fused-ring (bicyclic) bond motifs is 3. The van der Waals surface area contributed by atoms with Crippen molar-refractivity contribution in [3.8, 4) is 0 Å². The molecule has 4 rings (SSSR count). The number of nitrogens with zero attached hydrogens (tertiary/aromatic N) is 3. The van der Waals surface area contributed by atoms with Crippen LogP contribution in [0.3, 0.4) is 0 Å². The highest BCUT2D eigenvalue weighted by Crippen LogP contribution is 2.28. The molecule has 1 aromatic rings. The van der Waals surface area contributed by atoms with Crippen LogP contribution in [0.15, 0.2) is 27.2 Å². The van der Waals surface area contributed by atoms with E-state index in [1.54, 1.807) is 6.21 Å². The lowest BCUT2D eigenvalue weighted by Gasteiger charge is -2.28. The third-order valence-electron chi connectivity index (χ3n) is 5.25. The number of hydrogen-bond donors (Lipinski definition) is 0. The predicted octanol–water partition coefficient (Wildman–Crippen LogP) is 1.29. The first-order valence-corrected chi connectivity index (χ1v) is 9.73. The molecule has 6 heteroatoms. The Morgan fingerprint density at radius 2 is 2.12 bits per heavy atom. The molecule has 0 aromatic heterocycles. The Labute approximate surface area is 150 Å². The maximum absolute atomic E-state index is 12.8. The molecular formula is C19H21N3O2S. The normalized spacial score (nSPS) is 23.4. The predicted molar refractivity (Wildman–Crippen MR) is 98.6 cm³/mol. The second kappa shape index (κ2) is 6.84. The van der Waals surface area contributed by atoms with Crippen molar-refractivity contribution in [1.29, 1.82) is 0 Å². The van der Waals surface area contributed by atoms with Gasteiger partial charge in [-0.25, -0.2) is 0 Å². The first-order chi connectivity index (χ1) is 12.1. The van der Waals surface area contributed by atoms with Crippen molar-refractivity contribution >= 4 is 35.6 Å². The fourth-order valence-corrected chi connectivity index (χ4v) is 4.65. The van der Waals surface area contributed by atoms with Crippen molar-refractivity contribution in [1.82, 2.24) is 4.90 Å². The van der Waals surface area contributed by atoms with Gasteiger partial charge in [0.2, 0.25) is 0 Å². The third kappa shape index (κ3) is 3.33. The van der Waals surface area contributed by atoms with E-state index >= 15 is 0 Å². The Morgan fingerprint density at radius 1 is 1.32 bits per heavy atom. The Bertz CT molecular complexity index is 869. The summed E-state index contributed by atoms with van der Waals surface area (Å²) in [6, 6.07) is 3.91. The lowest BCUT2D eigenvalue weighted by molar-refractivity contribution is -0.120. The maximum Gasteiger partial charge on any atom is 0.176 e. The third-order valence-corrected chi connectivity index (χ3v) is 6.31. The topological polar surface area (TPSA) is 62.1 Å². The monoisotopic (exact) mass is 355 g/mol. The molecule has 0 bridgehead atoms. The summed E-state index contributed by atoms with van der Waals surface area (Å²) in [4.78, 5) is 28.2. The first kappa shape index (κ1) is 16.7. The molecule has 0 N–H and O–H groups in total. The van der Waals surface area contributed by atoms with Crippen LogP contribution in [-0.4, -0.2) is 48.6 Å². The van der Waals surface area contributed by atoms with E-state index in [1.807, 2.05) is 18.2 Å². The number of carbonyl (C=O) groups is 2. The van der Waals surface area contributed by atoms with Crippen LogP contribution in [0.1, 0.15) is 29.6 Å². The molecule has 1 atom stereocenters. The van der Waals surface area contributed by atoms with Crippen LogP contribution in [-0.2, 0) is 4.79 Å². The summed E-state index contributed by atoms with van der Waals surface area (Å²) in [5.74, 6) is 0.863. The zero-order valence-electron chi connectivity index (χ0n) is 14.3. The molecule has 25 heavy (non-hydrogen) atoms. The zero-order valence-corrected chi connectivity index (χ0v) is 15.1. The molecule has 1 unspecified atom stereocenters. The van der Waals surface area contributed by atoms with E-state index in [0.717, 1.165) is 36.0 Å². The van der Waals surface area contributed by atoms with E-state index < -0.39 is 0 Å². The van der Waals surface area contributed by atoms with Crippen molar-refractivity contribution in [3.63, 3.8) is 0 Å². The number of likely N-dealkylation sites (tertiary alicyclic amines) is 1. The van der Waals surface area contributed by atoms with Gasteiger partial charge in [-0.3, -0.25) is 9.59 Å². The molecule has 0 aliphatic carbocycles. The molecular weight excluding hydrogens is 334 g/mol. The Balaban J connectivity index is 1.59. The quantitative estimate of drug-likeness (QED) is 0.820. The SMILES string of the molecule is CN1CCC(CC(=O)C2C=NN=c3c4c(ccc3=C2)SCC4=O)CC1. The van der Waals surface area contributed by atoms with Crippen LogP contribution in [0.2, 0.25) is 0 Å². The van der Waals surface area contributed by atoms with Crippen LogP contribution < -0.4 is 10.6 Å². The molecule has 3 aliphatic heterocycles. The number of Topliss-reactive ketones (excluding diaryl/α,β-unsaturated/α-hetero) is 2. The van der Waals surface area contributed by atoms with Gasteiger partial charge in [0.15, 0.2) is 5.78 Å². The molecule has 1 saturated heterocycles. The van der Waals surface area contributed by atoms with Gasteiger partial charge in [0.25, 0.3) is 0 Å². The Hall–Kier alpha value is -1.79. The molecule has 3 heterocycles. The molecule has 5 nitrogen and oxygen atoms in total. The first-order valence-electron chi connectivity index (χ1n) is 8.75. The summed E-state index contributed by atoms with van der Waals surface area (Å²) < 4.78 is 0. The van der Waals surface area contributed by atoms with Crippen molar-refractivity contribution < 1.29 is 9.59 Å². The number of rotatable bonds is 3. The maximum atomic E-state index is 12.8. The van der Waals surface area contributed by atoms with Crippen LogP contribution in [0.4, 0.5) is 0 Å². The summed E-state index contributed by atoms with van der Waals surface area (Å²) in [5.41, 5.74) is 0.666. The summed E-state index contributed by atoms with van der Waals surface area (Å²) in [6.45, 7) is 2.12. The van der Waals surface area contributed by atoms with E-state index in [4.69, 9.17) is 0 Å². The molecule has 0 radical (unpaired) electrons. The fraction of sp³-hybridized carbons (Fsp3) is 0.474. The Morgan fingerprint density at radius 3 is 2.92 bits per heavy atom. The van der Waals surface area contributed by atoms with E-state index in [9.17, 15) is 9.59 Å². The summed E-state index contributed by atoms with van der Waals surface area (Å²) >= 11 is 1.54.